The van der Waals surface area contributed by atoms with Gasteiger partial charge in [0.05, 0.1) is 0 Å². The van der Waals surface area contributed by atoms with E-state index in [0.29, 0.717) is 5.69 Å². The van der Waals surface area contributed by atoms with Gasteiger partial charge in [-0.15, -0.1) is 0 Å². The van der Waals surface area contributed by atoms with Crippen molar-refractivity contribution in [2.24, 2.45) is 0 Å². The van der Waals surface area contributed by atoms with E-state index in [1.807, 2.05) is 24.3 Å². The number of rotatable bonds is 4. The van der Waals surface area contributed by atoms with Crippen molar-refractivity contribution in [1.29, 1.82) is 0 Å². The van der Waals surface area contributed by atoms with Crippen molar-refractivity contribution in [2.45, 2.75) is 25.1 Å². The van der Waals surface area contributed by atoms with Crippen molar-refractivity contribution in [3.63, 3.8) is 0 Å². The smallest absolute Gasteiger partial charge is 0.490 e. The molecule has 8 nitrogen and oxygen atoms in total. The Morgan fingerprint density at radius 1 is 1.10 bits per heavy atom. The molecule has 160 valence electrons. The number of para-hydroxylation sites is 1. The molecule has 0 fully saturated rings. The minimum atomic E-state index is -5.08. The van der Waals surface area contributed by atoms with Crippen molar-refractivity contribution in [1.82, 2.24) is 0 Å². The molecule has 30 heavy (non-hydrogen) atoms. The van der Waals surface area contributed by atoms with Crippen molar-refractivity contribution in [2.75, 3.05) is 10.6 Å². The predicted molar refractivity (Wildman–Crippen MR) is 99.6 cm³/mol. The molecule has 3 rings (SSSR count). The van der Waals surface area contributed by atoms with Gasteiger partial charge in [0.1, 0.15) is 11.3 Å². The molecule has 1 amide bonds. The Labute approximate surface area is 168 Å². The minimum absolute atomic E-state index is 0.0171. The molecule has 1 aliphatic heterocycles. The van der Waals surface area contributed by atoms with Crippen LogP contribution in [0.15, 0.2) is 42.5 Å². The summed E-state index contributed by atoms with van der Waals surface area (Å²) in [6.07, 6.45) is -4.03. The molecule has 2 aromatic rings. The van der Waals surface area contributed by atoms with Gasteiger partial charge in [-0.25, -0.2) is 9.59 Å². The van der Waals surface area contributed by atoms with Crippen LogP contribution < -0.4 is 10.6 Å². The summed E-state index contributed by atoms with van der Waals surface area (Å²) in [4.78, 5) is 32.0. The van der Waals surface area contributed by atoms with Gasteiger partial charge in [0, 0.05) is 23.8 Å². The van der Waals surface area contributed by atoms with Crippen molar-refractivity contribution < 1.29 is 42.9 Å². The third-order valence-corrected chi connectivity index (χ3v) is 4.03. The number of halogens is 3. The molecular weight excluding hydrogens is 409 g/mol. The molecule has 0 bridgehead atoms. The molecule has 1 aliphatic rings. The predicted octanol–water partition coefficient (Wildman–Crippen LogP) is 3.09. The Morgan fingerprint density at radius 3 is 2.30 bits per heavy atom. The summed E-state index contributed by atoms with van der Waals surface area (Å²) in [5, 5.41) is 31.5. The second-order valence-electron chi connectivity index (χ2n) is 6.29. The van der Waals surface area contributed by atoms with E-state index >= 15 is 0 Å². The molecule has 0 saturated heterocycles. The maximum absolute atomic E-state index is 12.1. The highest BCUT2D eigenvalue weighted by Crippen LogP contribution is 2.27. The molecule has 0 spiro atoms. The van der Waals surface area contributed by atoms with Gasteiger partial charge in [-0.05, 0) is 36.2 Å². The van der Waals surface area contributed by atoms with E-state index in [2.05, 4.69) is 10.6 Å². The van der Waals surface area contributed by atoms with Crippen molar-refractivity contribution in [3.05, 3.63) is 53.6 Å². The van der Waals surface area contributed by atoms with Crippen LogP contribution >= 0.6 is 0 Å². The molecule has 0 saturated carbocycles. The fraction of sp³-hybridized carbons (Fsp3) is 0.211. The van der Waals surface area contributed by atoms with Crippen LogP contribution in [0.3, 0.4) is 0 Å². The lowest BCUT2D eigenvalue weighted by Crippen LogP contribution is -2.24. The Balaban J connectivity index is 0.000000396. The summed E-state index contributed by atoms with van der Waals surface area (Å²) >= 11 is 0. The van der Waals surface area contributed by atoms with Crippen LogP contribution in [0.1, 0.15) is 22.3 Å². The molecule has 1 heterocycles. The van der Waals surface area contributed by atoms with Crippen LogP contribution in [0, 0.1) is 0 Å². The van der Waals surface area contributed by atoms with Gasteiger partial charge >= 0.3 is 18.1 Å². The number of amides is 1. The zero-order valence-electron chi connectivity index (χ0n) is 15.2. The quantitative estimate of drug-likeness (QED) is 0.474. The summed E-state index contributed by atoms with van der Waals surface area (Å²) in [7, 11) is 0. The summed E-state index contributed by atoms with van der Waals surface area (Å²) in [5.41, 5.74) is 2.33. The number of phenols is 1. The van der Waals surface area contributed by atoms with Crippen molar-refractivity contribution >= 4 is 29.2 Å². The molecule has 11 heteroatoms. The Bertz CT molecular complexity index is 937. The summed E-state index contributed by atoms with van der Waals surface area (Å²) < 4.78 is 31.7. The van der Waals surface area contributed by atoms with Gasteiger partial charge in [0.15, 0.2) is 0 Å². The highest BCUT2D eigenvalue weighted by atomic mass is 19.4. The van der Waals surface area contributed by atoms with Gasteiger partial charge in [-0.1, -0.05) is 18.2 Å². The normalized spacial score (nSPS) is 14.6. The lowest BCUT2D eigenvalue weighted by molar-refractivity contribution is -0.192. The zero-order chi connectivity index (χ0) is 22.5. The van der Waals surface area contributed by atoms with E-state index in [-0.39, 0.29) is 29.7 Å². The number of hydrogen-bond acceptors (Lipinski definition) is 5. The summed E-state index contributed by atoms with van der Waals surface area (Å²) in [5.74, 6) is -4.54. The molecule has 0 aliphatic carbocycles. The van der Waals surface area contributed by atoms with Gasteiger partial charge in [-0.3, -0.25) is 4.79 Å². The first-order chi connectivity index (χ1) is 14.0. The van der Waals surface area contributed by atoms with E-state index < -0.39 is 18.1 Å². The molecular formula is C19H17F3N2O6. The molecule has 1 atom stereocenters. The zero-order valence-corrected chi connectivity index (χ0v) is 15.2. The summed E-state index contributed by atoms with van der Waals surface area (Å²) in [6.45, 7) is 0. The second-order valence-corrected chi connectivity index (χ2v) is 6.29. The number of carboxylic acid groups (broad SMARTS) is 2. The lowest BCUT2D eigenvalue weighted by atomic mass is 10.1. The molecule has 5 N–H and O–H groups in total. The number of carboxylic acids is 2. The minimum Gasteiger partial charge on any atom is -0.507 e. The number of carbonyl (C=O) groups excluding carboxylic acids is 1. The first-order valence-corrected chi connectivity index (χ1v) is 8.48. The fourth-order valence-corrected chi connectivity index (χ4v) is 2.72. The van der Waals surface area contributed by atoms with E-state index in [9.17, 15) is 27.9 Å². The van der Waals surface area contributed by atoms with Crippen LogP contribution in [0.2, 0.25) is 0 Å². The lowest BCUT2D eigenvalue weighted by Gasteiger charge is -2.12. The summed E-state index contributed by atoms with van der Waals surface area (Å²) in [6, 6.07) is 11.9. The second kappa shape index (κ2) is 9.16. The highest BCUT2D eigenvalue weighted by molar-refractivity contribution is 5.96. The van der Waals surface area contributed by atoms with Gasteiger partial charge in [0.25, 0.3) is 0 Å². The number of carbonyl (C=O) groups is 3. The van der Waals surface area contributed by atoms with Crippen LogP contribution in [0.4, 0.5) is 24.5 Å². The number of benzene rings is 2. The fourth-order valence-electron chi connectivity index (χ4n) is 2.72. The van der Waals surface area contributed by atoms with E-state index in [1.165, 1.54) is 23.8 Å². The van der Waals surface area contributed by atoms with Crippen LogP contribution in [-0.2, 0) is 16.0 Å². The van der Waals surface area contributed by atoms with E-state index in [0.717, 1.165) is 12.1 Å². The number of aromatic carboxylic acids is 1. The first kappa shape index (κ1) is 22.5. The first-order valence-electron chi connectivity index (χ1n) is 8.48. The number of hydrogen-bond donors (Lipinski definition) is 5. The van der Waals surface area contributed by atoms with Gasteiger partial charge < -0.3 is 26.0 Å². The monoisotopic (exact) mass is 426 g/mol. The standard InChI is InChI=1S/C17H16N2O4.C2HF3O2/c20-15-6-5-11(8-13(15)17(22)23)19-16(21)9-12-7-10-3-1-2-4-14(10)18-12;3-2(4,5)1(6)7/h1-6,8,12,18,20H,7,9H2,(H,19,21)(H,22,23);(H,6,7)/t12-;/m0./s1. The number of fused-ring (bicyclic) bond motifs is 1. The van der Waals surface area contributed by atoms with E-state index in [4.69, 9.17) is 15.0 Å². The van der Waals surface area contributed by atoms with Gasteiger partial charge in [0.2, 0.25) is 5.91 Å². The van der Waals surface area contributed by atoms with Crippen LogP contribution in [0.25, 0.3) is 0 Å². The topological polar surface area (TPSA) is 136 Å². The van der Waals surface area contributed by atoms with Gasteiger partial charge in [-0.2, -0.15) is 13.2 Å². The van der Waals surface area contributed by atoms with Crippen LogP contribution in [0.5, 0.6) is 5.75 Å². The number of aliphatic carboxylic acids is 1. The molecule has 0 aromatic heterocycles. The van der Waals surface area contributed by atoms with E-state index in [1.54, 1.807) is 0 Å². The Kier molecular flexibility index (Phi) is 6.88. The maximum atomic E-state index is 12.1. The number of alkyl halides is 3. The maximum Gasteiger partial charge on any atom is 0.490 e. The van der Waals surface area contributed by atoms with Crippen molar-refractivity contribution in [3.8, 4) is 5.75 Å². The highest BCUT2D eigenvalue weighted by Gasteiger charge is 2.38. The molecule has 2 aromatic carbocycles. The molecule has 0 unspecified atom stereocenters. The third-order valence-electron chi connectivity index (χ3n) is 4.03. The molecule has 0 radical (unpaired) electrons. The number of nitrogens with one attached hydrogen (secondary N) is 2. The average Bonchev–Trinajstić information content (AvgIpc) is 3.04. The number of anilines is 2. The Morgan fingerprint density at radius 2 is 1.73 bits per heavy atom. The SMILES string of the molecule is O=C(C[C@@H]1Cc2ccccc2N1)Nc1ccc(O)c(C(=O)O)c1.O=C(O)C(F)(F)F. The Hall–Kier alpha value is -3.76. The average molecular weight is 426 g/mol. The van der Waals surface area contributed by atoms with Crippen LogP contribution in [-0.4, -0.2) is 45.4 Å². The number of aromatic hydroxyl groups is 1. The largest absolute Gasteiger partial charge is 0.507 e. The third kappa shape index (κ3) is 6.12.